The molecule has 0 radical (unpaired) electrons. The average Bonchev–Trinajstić information content (AvgIpc) is 3.30. The molecule has 2 aliphatic rings. The third-order valence-electron chi connectivity index (χ3n) is 6.80. The van der Waals surface area contributed by atoms with Crippen LogP contribution in [0, 0.1) is 5.92 Å². The van der Waals surface area contributed by atoms with Crippen molar-refractivity contribution in [2.24, 2.45) is 5.92 Å². The molecule has 11 heteroatoms. The number of benzene rings is 1. The van der Waals surface area contributed by atoms with E-state index in [9.17, 15) is 9.59 Å². The number of rotatable bonds is 8. The van der Waals surface area contributed by atoms with Crippen molar-refractivity contribution in [3.63, 3.8) is 0 Å². The number of nitrogens with zero attached hydrogens (tertiary/aromatic N) is 5. The number of carbonyl (C=O) groups excluding carboxylic acids is 2. The summed E-state index contributed by atoms with van der Waals surface area (Å²) in [5.74, 6) is 1.52. The minimum absolute atomic E-state index is 0.135. The van der Waals surface area contributed by atoms with Crippen molar-refractivity contribution in [1.82, 2.24) is 14.9 Å². The molecule has 3 heterocycles. The normalized spacial score (nSPS) is 19.7. The first-order valence-corrected chi connectivity index (χ1v) is 15.6. The van der Waals surface area contributed by atoms with E-state index >= 15 is 0 Å². The Kier molecular flexibility index (Phi) is 9.56. The molecule has 3 atom stereocenters. The fourth-order valence-electron chi connectivity index (χ4n) is 4.61. The third-order valence-corrected chi connectivity index (χ3v) is 8.72. The summed E-state index contributed by atoms with van der Waals surface area (Å²) in [5.41, 5.74) is 0.687. The second-order valence-corrected chi connectivity index (χ2v) is 13.0. The monoisotopic (exact) mass is 585 g/mol. The maximum atomic E-state index is 13.6. The molecule has 2 unspecified atom stereocenters. The molecule has 0 aliphatic carbocycles. The topological polar surface area (TPSA) is 88.1 Å². The van der Waals surface area contributed by atoms with Crippen LogP contribution in [0.4, 0.5) is 16.3 Å². The molecule has 1 aromatic heterocycles. The van der Waals surface area contributed by atoms with Gasteiger partial charge in [0.05, 0.1) is 5.25 Å². The maximum absolute atomic E-state index is 13.6. The molecule has 2 amide bonds. The second kappa shape index (κ2) is 12.7. The largest absolute Gasteiger partial charge is 0.489 e. The minimum atomic E-state index is -0.551. The molecule has 2 aromatic rings. The Morgan fingerprint density at radius 3 is 2.75 bits per heavy atom. The standard InChI is InChI=1S/C29H39N5O4S2/c1-19-12-16-40-24(19)23(11-13-33(6)28(36)38-29(2,3)4)37-21-10-8-9-20(17-21)34-15-14-32(5)25-22(26(34)35)18-30-27(31-25)39-7/h8-10,12,16-19,23-24H,11,13-15H2,1-7H3/t19?,23-,24?/m1/s1. The van der Waals surface area contributed by atoms with Gasteiger partial charge in [0.1, 0.15) is 28.8 Å². The summed E-state index contributed by atoms with van der Waals surface area (Å²) in [5, 5.41) is 2.96. The molecule has 4 rings (SSSR count). The minimum Gasteiger partial charge on any atom is -0.489 e. The van der Waals surface area contributed by atoms with Crippen LogP contribution < -0.4 is 14.5 Å². The average molecular weight is 586 g/mol. The Labute approximate surface area is 245 Å². The smallest absolute Gasteiger partial charge is 0.410 e. The predicted octanol–water partition coefficient (Wildman–Crippen LogP) is 5.56. The molecule has 0 saturated carbocycles. The Bertz CT molecular complexity index is 1250. The van der Waals surface area contributed by atoms with Gasteiger partial charge in [-0.1, -0.05) is 30.8 Å². The Hall–Kier alpha value is -2.92. The van der Waals surface area contributed by atoms with E-state index in [-0.39, 0.29) is 23.4 Å². The number of anilines is 2. The maximum Gasteiger partial charge on any atom is 0.410 e. The molecule has 1 aromatic carbocycles. The Morgan fingerprint density at radius 1 is 1.30 bits per heavy atom. The van der Waals surface area contributed by atoms with Gasteiger partial charge < -0.3 is 24.2 Å². The number of hydrogen-bond donors (Lipinski definition) is 0. The fraction of sp³-hybridized carbons (Fsp3) is 0.517. The summed E-state index contributed by atoms with van der Waals surface area (Å²) in [6, 6.07) is 7.67. The van der Waals surface area contributed by atoms with Crippen LogP contribution in [-0.4, -0.2) is 83.8 Å². The summed E-state index contributed by atoms with van der Waals surface area (Å²) in [7, 11) is 3.69. The summed E-state index contributed by atoms with van der Waals surface area (Å²) in [4.78, 5) is 40.4. The predicted molar refractivity (Wildman–Crippen MR) is 163 cm³/mol. The van der Waals surface area contributed by atoms with Crippen molar-refractivity contribution in [3.8, 4) is 5.75 Å². The van der Waals surface area contributed by atoms with Crippen molar-refractivity contribution in [1.29, 1.82) is 0 Å². The summed E-state index contributed by atoms with van der Waals surface area (Å²) < 4.78 is 12.1. The molecule has 0 bridgehead atoms. The molecule has 0 N–H and O–H groups in total. The van der Waals surface area contributed by atoms with Gasteiger partial charge in [0, 0.05) is 58.1 Å². The van der Waals surface area contributed by atoms with Crippen molar-refractivity contribution in [2.75, 3.05) is 49.8 Å². The lowest BCUT2D eigenvalue weighted by Crippen LogP contribution is -2.39. The molecule has 216 valence electrons. The van der Waals surface area contributed by atoms with Crippen LogP contribution in [0.3, 0.4) is 0 Å². The fourth-order valence-corrected chi connectivity index (χ4v) is 6.17. The van der Waals surface area contributed by atoms with Crippen LogP contribution in [0.1, 0.15) is 44.5 Å². The van der Waals surface area contributed by atoms with Crippen molar-refractivity contribution < 1.29 is 19.1 Å². The van der Waals surface area contributed by atoms with Crippen molar-refractivity contribution in [3.05, 3.63) is 47.5 Å². The van der Waals surface area contributed by atoms with Gasteiger partial charge in [-0.15, -0.1) is 11.8 Å². The zero-order valence-electron chi connectivity index (χ0n) is 24.3. The van der Waals surface area contributed by atoms with E-state index in [0.717, 1.165) is 5.69 Å². The molecule has 2 aliphatic heterocycles. The molecular formula is C29H39N5O4S2. The zero-order chi connectivity index (χ0) is 29.0. The van der Waals surface area contributed by atoms with E-state index in [1.807, 2.05) is 63.2 Å². The number of likely N-dealkylation sites (N-methyl/N-ethyl adjacent to an activating group) is 1. The van der Waals surface area contributed by atoms with Gasteiger partial charge >= 0.3 is 6.09 Å². The van der Waals surface area contributed by atoms with E-state index < -0.39 is 5.60 Å². The van der Waals surface area contributed by atoms with E-state index in [4.69, 9.17) is 9.47 Å². The van der Waals surface area contributed by atoms with Gasteiger partial charge in [-0.25, -0.2) is 14.8 Å². The first-order chi connectivity index (χ1) is 19.0. The molecule has 0 spiro atoms. The van der Waals surface area contributed by atoms with Crippen LogP contribution in [0.15, 0.2) is 47.1 Å². The Morgan fingerprint density at radius 2 is 2.08 bits per heavy atom. The highest BCUT2D eigenvalue weighted by molar-refractivity contribution is 8.03. The van der Waals surface area contributed by atoms with E-state index in [0.29, 0.717) is 54.3 Å². The van der Waals surface area contributed by atoms with Gasteiger partial charge in [-0.05, 0) is 50.5 Å². The SMILES string of the molecule is CSc1ncc2c(n1)N(C)CCN(c1cccc(O[C@H](CCN(C)C(=O)OC(C)(C)C)C3SC=CC3C)c1)C2=O. The van der Waals surface area contributed by atoms with E-state index in [1.54, 1.807) is 34.8 Å². The van der Waals surface area contributed by atoms with Crippen LogP contribution in [0.2, 0.25) is 0 Å². The van der Waals surface area contributed by atoms with Gasteiger partial charge in [0.2, 0.25) is 0 Å². The molecule has 0 fully saturated rings. The number of hydrogen-bond acceptors (Lipinski definition) is 9. The van der Waals surface area contributed by atoms with E-state index in [2.05, 4.69) is 28.4 Å². The van der Waals surface area contributed by atoms with Crippen LogP contribution in [0.25, 0.3) is 0 Å². The lowest BCUT2D eigenvalue weighted by molar-refractivity contribution is 0.0277. The Balaban J connectivity index is 1.52. The van der Waals surface area contributed by atoms with Crippen molar-refractivity contribution >= 4 is 47.0 Å². The lowest BCUT2D eigenvalue weighted by Gasteiger charge is -2.30. The van der Waals surface area contributed by atoms with Crippen LogP contribution in [0.5, 0.6) is 5.75 Å². The first-order valence-electron chi connectivity index (χ1n) is 13.4. The number of fused-ring (bicyclic) bond motifs is 1. The number of amides is 2. The van der Waals surface area contributed by atoms with Gasteiger partial charge in [0.15, 0.2) is 5.16 Å². The molecular weight excluding hydrogens is 546 g/mol. The van der Waals surface area contributed by atoms with Crippen molar-refractivity contribution in [2.45, 2.75) is 56.2 Å². The van der Waals surface area contributed by atoms with Gasteiger partial charge in [-0.2, -0.15) is 0 Å². The first kappa shape index (κ1) is 30.0. The second-order valence-electron chi connectivity index (χ2n) is 11.1. The number of allylic oxidation sites excluding steroid dienone is 1. The number of aromatic nitrogens is 2. The molecule has 40 heavy (non-hydrogen) atoms. The number of carbonyl (C=O) groups is 2. The van der Waals surface area contributed by atoms with Gasteiger partial charge in [0.25, 0.3) is 5.91 Å². The quantitative estimate of drug-likeness (QED) is 0.292. The summed E-state index contributed by atoms with van der Waals surface area (Å²) >= 11 is 3.20. The van der Waals surface area contributed by atoms with Gasteiger partial charge in [-0.3, -0.25) is 4.79 Å². The van der Waals surface area contributed by atoms with Crippen LogP contribution in [-0.2, 0) is 4.74 Å². The number of ether oxygens (including phenoxy) is 2. The summed E-state index contributed by atoms with van der Waals surface area (Å²) in [6.45, 7) is 9.40. The number of thioether (sulfide) groups is 2. The third kappa shape index (κ3) is 7.23. The van der Waals surface area contributed by atoms with E-state index in [1.165, 1.54) is 11.8 Å². The molecule has 0 saturated heterocycles. The zero-order valence-corrected chi connectivity index (χ0v) is 25.9. The highest BCUT2D eigenvalue weighted by Crippen LogP contribution is 2.36. The highest BCUT2D eigenvalue weighted by atomic mass is 32.2. The highest BCUT2D eigenvalue weighted by Gasteiger charge is 2.32. The van der Waals surface area contributed by atoms with Crippen LogP contribution >= 0.6 is 23.5 Å². The lowest BCUT2D eigenvalue weighted by atomic mass is 10.0. The molecule has 9 nitrogen and oxygen atoms in total. The summed E-state index contributed by atoms with van der Waals surface area (Å²) in [6.07, 6.45) is 5.86.